The normalized spacial score (nSPS) is 14.7. The Morgan fingerprint density at radius 3 is 0.788 bits per heavy atom. The molecule has 0 aromatic carbocycles. The Bertz CT molecular complexity index is 2590. The van der Waals surface area contributed by atoms with Crippen LogP contribution in [0.5, 0.6) is 0 Å². The maximum atomic E-state index is 13.1. The summed E-state index contributed by atoms with van der Waals surface area (Å²) in [7, 11) is -9.99. The lowest BCUT2D eigenvalue weighted by molar-refractivity contribution is -0.161. The molecule has 0 heterocycles. The van der Waals surface area contributed by atoms with Gasteiger partial charge in [0, 0.05) is 25.7 Å². The summed E-state index contributed by atoms with van der Waals surface area (Å²) in [4.78, 5) is 73.0. The Kier molecular flexibility index (Phi) is 72.0. The van der Waals surface area contributed by atoms with E-state index in [0.717, 1.165) is 199 Å². The first-order valence-electron chi connectivity index (χ1n) is 39.7. The van der Waals surface area contributed by atoms with Gasteiger partial charge in [-0.3, -0.25) is 37.3 Å². The molecule has 5 unspecified atom stereocenters. The predicted octanol–water partition coefficient (Wildman–Crippen LogP) is 23.2. The largest absolute Gasteiger partial charge is 0.472 e. The summed E-state index contributed by atoms with van der Waals surface area (Å²) in [6.45, 7) is 4.40. The molecule has 3 N–H and O–H groups in total. The second kappa shape index (κ2) is 75.9. The highest BCUT2D eigenvalue weighted by molar-refractivity contribution is 7.47. The van der Waals surface area contributed by atoms with Crippen LogP contribution in [0.1, 0.15) is 297 Å². The smallest absolute Gasteiger partial charge is 0.462 e. The highest BCUT2D eigenvalue weighted by Crippen LogP contribution is 2.45. The number of allylic oxidation sites excluding steroid dienone is 26. The second-order valence-corrected chi connectivity index (χ2v) is 28.8. The monoisotopic (exact) mass is 1490 g/mol. The third kappa shape index (κ3) is 74.9. The number of carbonyl (C=O) groups is 4. The van der Waals surface area contributed by atoms with Gasteiger partial charge in [0.05, 0.1) is 26.4 Å². The van der Waals surface area contributed by atoms with Crippen molar-refractivity contribution in [1.29, 1.82) is 0 Å². The quantitative estimate of drug-likeness (QED) is 0.0169. The molecule has 0 aliphatic heterocycles. The number of unbranched alkanes of at least 4 members (excludes halogenated alkanes) is 21. The number of aliphatic hydroxyl groups is 1. The third-order valence-electron chi connectivity index (χ3n) is 16.0. The van der Waals surface area contributed by atoms with E-state index in [9.17, 15) is 43.2 Å². The number of carbonyl (C=O) groups excluding carboxylic acids is 4. The fraction of sp³-hybridized carbons (Fsp3) is 0.647. The number of ether oxygens (including phenoxy) is 4. The molecule has 0 spiro atoms. The van der Waals surface area contributed by atoms with Gasteiger partial charge < -0.3 is 33.8 Å². The minimum atomic E-state index is -5.00. The van der Waals surface area contributed by atoms with Crippen molar-refractivity contribution in [2.45, 2.75) is 316 Å². The van der Waals surface area contributed by atoms with Crippen molar-refractivity contribution in [3.8, 4) is 0 Å². The lowest BCUT2D eigenvalue weighted by atomic mass is 10.1. The number of phosphoric acid groups is 2. The second-order valence-electron chi connectivity index (χ2n) is 25.9. The van der Waals surface area contributed by atoms with Gasteiger partial charge in [0.1, 0.15) is 19.3 Å². The van der Waals surface area contributed by atoms with Crippen LogP contribution in [0.15, 0.2) is 158 Å². The van der Waals surface area contributed by atoms with Gasteiger partial charge in [0.15, 0.2) is 12.2 Å². The van der Waals surface area contributed by atoms with Gasteiger partial charge in [-0.25, -0.2) is 9.13 Å². The zero-order valence-electron chi connectivity index (χ0n) is 64.6. The summed E-state index contributed by atoms with van der Waals surface area (Å²) in [5.74, 6) is -2.28. The van der Waals surface area contributed by atoms with Gasteiger partial charge in [-0.1, -0.05) is 263 Å². The third-order valence-corrected chi connectivity index (χ3v) is 17.9. The topological polar surface area (TPSA) is 237 Å². The molecule has 17 nitrogen and oxygen atoms in total. The molecule has 0 amide bonds. The van der Waals surface area contributed by atoms with Crippen molar-refractivity contribution in [1.82, 2.24) is 0 Å². The summed E-state index contributed by atoms with van der Waals surface area (Å²) < 4.78 is 68.5. The van der Waals surface area contributed by atoms with E-state index in [0.29, 0.717) is 25.7 Å². The number of phosphoric ester groups is 2. The first kappa shape index (κ1) is 98.7. The summed E-state index contributed by atoms with van der Waals surface area (Å²) in [5.41, 5.74) is 0. The van der Waals surface area contributed by atoms with E-state index in [4.69, 9.17) is 37.0 Å². The van der Waals surface area contributed by atoms with E-state index < -0.39 is 97.5 Å². The molecule has 0 aromatic heterocycles. The van der Waals surface area contributed by atoms with Crippen LogP contribution in [-0.2, 0) is 65.4 Å². The van der Waals surface area contributed by atoms with Gasteiger partial charge in [0.2, 0.25) is 0 Å². The van der Waals surface area contributed by atoms with Crippen LogP contribution in [0.2, 0.25) is 0 Å². The van der Waals surface area contributed by atoms with E-state index in [2.05, 4.69) is 186 Å². The van der Waals surface area contributed by atoms with Crippen LogP contribution in [0.4, 0.5) is 0 Å². The highest BCUT2D eigenvalue weighted by atomic mass is 31.2. The van der Waals surface area contributed by atoms with Crippen LogP contribution in [0, 0.1) is 0 Å². The van der Waals surface area contributed by atoms with Crippen LogP contribution in [0.25, 0.3) is 0 Å². The average Bonchev–Trinajstić information content (AvgIpc) is 0.918. The molecule has 0 radical (unpaired) electrons. The van der Waals surface area contributed by atoms with E-state index in [-0.39, 0.29) is 25.7 Å². The lowest BCUT2D eigenvalue weighted by Gasteiger charge is -2.21. The van der Waals surface area contributed by atoms with Crippen molar-refractivity contribution in [3.05, 3.63) is 158 Å². The SMILES string of the molecule is CC/C=C\C/C=C\C/C=C\C/C=C\CCCCCCCCC(=O)OCC(COP(=O)(O)OCC(O)COP(=O)(O)OCC(COC(=O)CCCC/C=C\C/C=C\C/C=C\C/C=C\CC)OC(=O)CCCCCCC/C=C\C/C=C\C/C=C\CC)OC(=O)CCCCCCC/C=C\C/C=C\CCCCC. The van der Waals surface area contributed by atoms with Crippen molar-refractivity contribution in [3.63, 3.8) is 0 Å². The molecular formula is C85H140O17P2. The van der Waals surface area contributed by atoms with Gasteiger partial charge >= 0.3 is 39.5 Å². The molecule has 592 valence electrons. The number of hydrogen-bond donors (Lipinski definition) is 3. The molecular weight excluding hydrogens is 1350 g/mol. The Morgan fingerprint density at radius 2 is 0.500 bits per heavy atom. The zero-order chi connectivity index (χ0) is 76.0. The minimum Gasteiger partial charge on any atom is -0.462 e. The molecule has 19 heteroatoms. The molecule has 0 aliphatic carbocycles. The van der Waals surface area contributed by atoms with E-state index in [1.54, 1.807) is 0 Å². The number of aliphatic hydroxyl groups excluding tert-OH is 1. The summed E-state index contributed by atoms with van der Waals surface area (Å²) in [5, 5.41) is 10.6. The van der Waals surface area contributed by atoms with Crippen molar-refractivity contribution in [2.24, 2.45) is 0 Å². The Morgan fingerprint density at radius 1 is 0.279 bits per heavy atom. The first-order valence-corrected chi connectivity index (χ1v) is 42.7. The van der Waals surface area contributed by atoms with E-state index >= 15 is 0 Å². The molecule has 0 saturated heterocycles. The molecule has 104 heavy (non-hydrogen) atoms. The Hall–Kier alpha value is -5.32. The Balaban J connectivity index is 5.44. The molecule has 0 fully saturated rings. The molecule has 5 atom stereocenters. The summed E-state index contributed by atoms with van der Waals surface area (Å²) in [6.07, 6.45) is 87.9. The van der Waals surface area contributed by atoms with Gasteiger partial charge in [-0.05, 0) is 167 Å². The summed E-state index contributed by atoms with van der Waals surface area (Å²) in [6, 6.07) is 0. The van der Waals surface area contributed by atoms with Gasteiger partial charge in [-0.2, -0.15) is 0 Å². The number of rotatable bonds is 73. The molecule has 0 aromatic rings. The maximum Gasteiger partial charge on any atom is 0.472 e. The predicted molar refractivity (Wildman–Crippen MR) is 427 cm³/mol. The zero-order valence-corrected chi connectivity index (χ0v) is 66.4. The van der Waals surface area contributed by atoms with Crippen molar-refractivity contribution >= 4 is 39.5 Å². The molecule has 0 saturated carbocycles. The molecule has 0 aliphatic rings. The maximum absolute atomic E-state index is 13.1. The molecule has 0 bridgehead atoms. The fourth-order valence-corrected chi connectivity index (χ4v) is 11.6. The number of hydrogen-bond acceptors (Lipinski definition) is 15. The lowest BCUT2D eigenvalue weighted by Crippen LogP contribution is -2.30. The molecule has 0 rings (SSSR count). The standard InChI is InChI=1S/C85H140O17P2/c1-5-9-13-17-21-25-29-33-37-38-39-40-44-46-50-54-58-62-66-70-83(88)96-76-81(102-85(90)72-68-64-60-56-52-48-43-36-32-28-24-20-16-12-8-4)78-100-104(93,94)98-74-79(86)73-97-103(91,92)99-77-80(101-84(89)71-67-63-59-55-51-47-42-35-31-27-23-19-15-11-7-3)75-95-82(87)69-65-61-57-53-49-45-41-34-30-26-22-18-14-10-6-2/h9-11,13-15,21-28,33-37,39-43,49,53,79-81,86H,5-8,12,16-20,29-32,38,44-48,50-52,54-78H2,1-4H3,(H,91,92)(H,93,94)/b13-9-,14-10-,15-11-,25-21-,26-22-,27-23-,28-24-,37-33-,40-39-,41-34-,42-35-,43-36-,53-49-. The van der Waals surface area contributed by atoms with Crippen LogP contribution in [-0.4, -0.2) is 96.7 Å². The van der Waals surface area contributed by atoms with Crippen LogP contribution < -0.4 is 0 Å². The summed E-state index contributed by atoms with van der Waals surface area (Å²) >= 11 is 0. The highest BCUT2D eigenvalue weighted by Gasteiger charge is 2.30. The average molecular weight is 1500 g/mol. The van der Waals surface area contributed by atoms with Gasteiger partial charge in [0.25, 0.3) is 0 Å². The number of esters is 4. The van der Waals surface area contributed by atoms with Crippen LogP contribution >= 0.6 is 15.6 Å². The van der Waals surface area contributed by atoms with Crippen molar-refractivity contribution < 1.29 is 80.2 Å². The fourth-order valence-electron chi connectivity index (χ4n) is 10.0. The minimum absolute atomic E-state index is 0.0610. The van der Waals surface area contributed by atoms with E-state index in [1.165, 1.54) is 19.3 Å². The van der Waals surface area contributed by atoms with Gasteiger partial charge in [-0.15, -0.1) is 0 Å². The van der Waals surface area contributed by atoms with Crippen LogP contribution in [0.3, 0.4) is 0 Å². The van der Waals surface area contributed by atoms with E-state index in [1.807, 2.05) is 0 Å². The van der Waals surface area contributed by atoms with Crippen molar-refractivity contribution in [2.75, 3.05) is 39.6 Å². The first-order chi connectivity index (χ1) is 50.7. The Labute approximate surface area is 629 Å².